The molecule has 0 bridgehead atoms. The Bertz CT molecular complexity index is 729. The predicted octanol–water partition coefficient (Wildman–Crippen LogP) is 0.485. The van der Waals surface area contributed by atoms with Crippen LogP contribution in [-0.2, 0) is 44.8 Å². The van der Waals surface area contributed by atoms with Gasteiger partial charge in [-0.2, -0.15) is 0 Å². The van der Waals surface area contributed by atoms with Gasteiger partial charge in [0.25, 0.3) is 0 Å². The number of hydrogen-bond donors (Lipinski definition) is 3. The normalized spacial score (nSPS) is 17.9. The number of carbonyl (C=O) groups is 3. The summed E-state index contributed by atoms with van der Waals surface area (Å²) < 4.78 is 5.34. The summed E-state index contributed by atoms with van der Waals surface area (Å²) in [5.74, 6) is -3.54. The lowest BCUT2D eigenvalue weighted by Gasteiger charge is -2.26. The van der Waals surface area contributed by atoms with Gasteiger partial charge in [0.05, 0.1) is 25.4 Å². The second-order valence-corrected chi connectivity index (χ2v) is 7.09. The lowest BCUT2D eigenvalue weighted by molar-refractivity contribution is -0.159. The molecule has 0 spiro atoms. The Morgan fingerprint density at radius 1 is 0.929 bits per heavy atom. The molecule has 0 radical (unpaired) electrons. The second kappa shape index (κ2) is 9.11. The zero-order valence-electron chi connectivity index (χ0n) is 15.7. The van der Waals surface area contributed by atoms with E-state index in [4.69, 9.17) is 29.5 Å². The largest absolute Gasteiger partial charge is 0.473 e. The van der Waals surface area contributed by atoms with Crippen molar-refractivity contribution in [1.29, 1.82) is 0 Å². The molecule has 3 aliphatic rings. The number of aryl methyl sites for hydroxylation is 2. The highest BCUT2D eigenvalue weighted by Gasteiger charge is 2.26. The first kappa shape index (κ1) is 20.2. The third-order valence-corrected chi connectivity index (χ3v) is 5.17. The molecule has 1 amide bonds. The Balaban J connectivity index is 0.000000330. The summed E-state index contributed by atoms with van der Waals surface area (Å²) in [5.41, 5.74) is 6.16. The summed E-state index contributed by atoms with van der Waals surface area (Å²) in [6, 6.07) is 0. The molecule has 152 valence electrons. The molecule has 9 heteroatoms. The molecule has 3 N–H and O–H groups in total. The Hall–Kier alpha value is -2.52. The van der Waals surface area contributed by atoms with Crippen molar-refractivity contribution in [2.24, 2.45) is 0 Å². The summed E-state index contributed by atoms with van der Waals surface area (Å²) in [6.45, 7) is 3.62. The van der Waals surface area contributed by atoms with Crippen LogP contribution in [0.5, 0.6) is 0 Å². The van der Waals surface area contributed by atoms with Crippen molar-refractivity contribution in [3.63, 3.8) is 0 Å². The number of amides is 1. The molecule has 1 fully saturated rings. The van der Waals surface area contributed by atoms with Crippen LogP contribution in [0.3, 0.4) is 0 Å². The molecule has 1 aromatic heterocycles. The van der Waals surface area contributed by atoms with Gasteiger partial charge < -0.3 is 20.3 Å². The van der Waals surface area contributed by atoms with Crippen molar-refractivity contribution in [2.75, 3.05) is 38.2 Å². The summed E-state index contributed by atoms with van der Waals surface area (Å²) in [6.07, 6.45) is 6.57. The number of anilines is 1. The maximum Gasteiger partial charge on any atom is 0.414 e. The molecule has 4 rings (SSSR count). The highest BCUT2D eigenvalue weighted by Crippen LogP contribution is 2.36. The number of nitrogens with zero attached hydrogens (tertiary/aromatic N) is 2. The van der Waals surface area contributed by atoms with E-state index in [9.17, 15) is 4.79 Å². The standard InChI is InChI=1S/C17H23N3O2.C2H2O4/c21-16(11-20-7-9-22-10-8-20)19-17-12-3-1-5-14(12)18-15-6-2-4-13(15)17;3-1(4)2(5)6/h1-11H2,(H,18,19,21);(H,3,4)(H,5,6). The first-order valence-corrected chi connectivity index (χ1v) is 9.55. The van der Waals surface area contributed by atoms with Gasteiger partial charge in [0.2, 0.25) is 5.91 Å². The number of fused-ring (bicyclic) bond motifs is 2. The van der Waals surface area contributed by atoms with E-state index >= 15 is 0 Å². The van der Waals surface area contributed by atoms with Crippen LogP contribution in [0.4, 0.5) is 5.69 Å². The number of carboxylic acids is 2. The molecule has 9 nitrogen and oxygen atoms in total. The number of aliphatic carboxylic acids is 2. The van der Waals surface area contributed by atoms with E-state index in [-0.39, 0.29) is 5.91 Å². The molecule has 2 heterocycles. The van der Waals surface area contributed by atoms with E-state index in [1.165, 1.54) is 22.5 Å². The van der Waals surface area contributed by atoms with Crippen molar-refractivity contribution in [3.8, 4) is 0 Å². The van der Waals surface area contributed by atoms with Crippen LogP contribution >= 0.6 is 0 Å². The minimum absolute atomic E-state index is 0.108. The minimum Gasteiger partial charge on any atom is -0.473 e. The molecule has 1 aromatic rings. The van der Waals surface area contributed by atoms with E-state index in [0.29, 0.717) is 6.54 Å². The van der Waals surface area contributed by atoms with Crippen molar-refractivity contribution >= 4 is 23.5 Å². The molecule has 2 aliphatic carbocycles. The summed E-state index contributed by atoms with van der Waals surface area (Å²) in [4.78, 5) is 37.7. The van der Waals surface area contributed by atoms with E-state index in [2.05, 4.69) is 10.2 Å². The molecule has 1 aliphatic heterocycles. The number of carboxylic acid groups (broad SMARTS) is 2. The SMILES string of the molecule is O=C(CN1CCOCC1)Nc1c2c(nc3c1CCC3)CCC2.O=C(O)C(=O)O. The number of pyridine rings is 1. The van der Waals surface area contributed by atoms with Crippen LogP contribution in [0.15, 0.2) is 0 Å². The van der Waals surface area contributed by atoms with Crippen LogP contribution < -0.4 is 5.32 Å². The summed E-state index contributed by atoms with van der Waals surface area (Å²) in [7, 11) is 0. The van der Waals surface area contributed by atoms with Gasteiger partial charge in [-0.3, -0.25) is 14.7 Å². The molecular weight excluding hydrogens is 366 g/mol. The quantitative estimate of drug-likeness (QED) is 0.635. The van der Waals surface area contributed by atoms with Gasteiger partial charge in [-0.1, -0.05) is 0 Å². The van der Waals surface area contributed by atoms with Crippen LogP contribution in [0.1, 0.15) is 35.4 Å². The van der Waals surface area contributed by atoms with E-state index < -0.39 is 11.9 Å². The fourth-order valence-corrected chi connectivity index (χ4v) is 3.88. The van der Waals surface area contributed by atoms with Crippen molar-refractivity contribution in [3.05, 3.63) is 22.5 Å². The van der Waals surface area contributed by atoms with E-state index in [1.807, 2.05) is 0 Å². The Morgan fingerprint density at radius 3 is 1.96 bits per heavy atom. The molecule has 1 saturated heterocycles. The van der Waals surface area contributed by atoms with Crippen LogP contribution in [-0.4, -0.2) is 70.8 Å². The predicted molar refractivity (Wildman–Crippen MR) is 99.4 cm³/mol. The van der Waals surface area contributed by atoms with Crippen LogP contribution in [0.2, 0.25) is 0 Å². The zero-order valence-corrected chi connectivity index (χ0v) is 15.7. The van der Waals surface area contributed by atoms with E-state index in [0.717, 1.165) is 70.5 Å². The number of rotatable bonds is 3. The van der Waals surface area contributed by atoms with E-state index in [1.54, 1.807) is 0 Å². The first-order chi connectivity index (χ1) is 13.5. The van der Waals surface area contributed by atoms with Crippen LogP contribution in [0, 0.1) is 0 Å². The molecule has 0 unspecified atom stereocenters. The molecule has 0 aromatic carbocycles. The molecular formula is C19H25N3O6. The molecule has 28 heavy (non-hydrogen) atoms. The lowest BCUT2D eigenvalue weighted by atomic mass is 10.1. The van der Waals surface area contributed by atoms with Gasteiger partial charge in [0.15, 0.2) is 0 Å². The Labute approximate surface area is 162 Å². The lowest BCUT2D eigenvalue weighted by Crippen LogP contribution is -2.41. The number of morpholine rings is 1. The third-order valence-electron chi connectivity index (χ3n) is 5.17. The van der Waals surface area contributed by atoms with Gasteiger partial charge in [-0.15, -0.1) is 0 Å². The monoisotopic (exact) mass is 391 g/mol. The maximum atomic E-state index is 12.5. The van der Waals surface area contributed by atoms with Crippen molar-refractivity contribution in [2.45, 2.75) is 38.5 Å². The fourth-order valence-electron chi connectivity index (χ4n) is 3.88. The van der Waals surface area contributed by atoms with Gasteiger partial charge in [-0.25, -0.2) is 9.59 Å². The summed E-state index contributed by atoms with van der Waals surface area (Å²) in [5, 5.41) is 18.0. The number of nitrogens with one attached hydrogen (secondary N) is 1. The molecule has 0 saturated carbocycles. The number of carbonyl (C=O) groups excluding carboxylic acids is 1. The summed E-state index contributed by atoms with van der Waals surface area (Å²) >= 11 is 0. The third kappa shape index (κ3) is 4.85. The molecule has 0 atom stereocenters. The van der Waals surface area contributed by atoms with Gasteiger partial charge >= 0.3 is 11.9 Å². The fraction of sp³-hybridized carbons (Fsp3) is 0.579. The second-order valence-electron chi connectivity index (χ2n) is 7.09. The van der Waals surface area contributed by atoms with Crippen molar-refractivity contribution < 1.29 is 29.3 Å². The smallest absolute Gasteiger partial charge is 0.414 e. The maximum absolute atomic E-state index is 12.5. The number of hydrogen-bond acceptors (Lipinski definition) is 6. The van der Waals surface area contributed by atoms with Gasteiger partial charge in [0, 0.05) is 24.5 Å². The number of ether oxygens (including phenoxy) is 1. The average Bonchev–Trinajstić information content (AvgIpc) is 3.32. The van der Waals surface area contributed by atoms with Crippen LogP contribution in [0.25, 0.3) is 0 Å². The minimum atomic E-state index is -1.82. The van der Waals surface area contributed by atoms with Gasteiger partial charge in [-0.05, 0) is 49.7 Å². The highest BCUT2D eigenvalue weighted by atomic mass is 16.5. The topological polar surface area (TPSA) is 129 Å². The van der Waals surface area contributed by atoms with Gasteiger partial charge in [0.1, 0.15) is 0 Å². The number of aromatic nitrogens is 1. The first-order valence-electron chi connectivity index (χ1n) is 9.55. The Kier molecular flexibility index (Phi) is 6.58. The average molecular weight is 391 g/mol. The zero-order chi connectivity index (χ0) is 20.1. The Morgan fingerprint density at radius 2 is 1.46 bits per heavy atom. The highest BCUT2D eigenvalue weighted by molar-refractivity contribution is 6.27. The van der Waals surface area contributed by atoms with Crippen molar-refractivity contribution in [1.82, 2.24) is 9.88 Å².